The molecule has 1 saturated heterocycles. The molecule has 0 saturated carbocycles. The molecule has 0 bridgehead atoms. The molecule has 2 aliphatic rings. The van der Waals surface area contributed by atoms with Crippen molar-refractivity contribution >= 4 is 11.9 Å². The average Bonchev–Trinajstić information content (AvgIpc) is 3.25. The van der Waals surface area contributed by atoms with E-state index in [4.69, 9.17) is 9.47 Å². The Balaban J connectivity index is 1.37. The number of carbonyl (C=O) groups excluding carboxylic acids is 1. The molecule has 2 aliphatic heterocycles. The standard InChI is InChI=1S/C20H24F3N5O3/c1-30-14-4-6-15(7-5-14)31-11-18(29)27-8-2-3-13(10-27)16-9-17(20(21,22)23)28-19(26-16)24-12-25-28/h4-7,12-13,16-17H,2-3,8-11H2,1H3,(H,24,25,26)/t13-,16+,17-/m1/s1. The molecule has 4 rings (SSSR count). The highest BCUT2D eigenvalue weighted by Crippen LogP contribution is 2.40. The van der Waals surface area contributed by atoms with Gasteiger partial charge >= 0.3 is 6.18 Å². The molecule has 168 valence electrons. The number of carbonyl (C=O) groups is 1. The van der Waals surface area contributed by atoms with E-state index in [1.54, 1.807) is 36.3 Å². The van der Waals surface area contributed by atoms with Gasteiger partial charge in [0.1, 0.15) is 17.8 Å². The van der Waals surface area contributed by atoms with Crippen LogP contribution in [0.2, 0.25) is 0 Å². The number of ether oxygens (including phenoxy) is 2. The number of hydrogen-bond donors (Lipinski definition) is 1. The maximum absolute atomic E-state index is 13.5. The fourth-order valence-corrected chi connectivity index (χ4v) is 4.20. The van der Waals surface area contributed by atoms with Crippen LogP contribution in [0.25, 0.3) is 0 Å². The van der Waals surface area contributed by atoms with Crippen LogP contribution in [0.4, 0.5) is 19.1 Å². The summed E-state index contributed by atoms with van der Waals surface area (Å²) in [5, 5.41) is 6.81. The molecule has 31 heavy (non-hydrogen) atoms. The lowest BCUT2D eigenvalue weighted by Gasteiger charge is -2.41. The highest BCUT2D eigenvalue weighted by Gasteiger charge is 2.48. The van der Waals surface area contributed by atoms with Gasteiger partial charge in [0.25, 0.3) is 5.91 Å². The van der Waals surface area contributed by atoms with Crippen molar-refractivity contribution in [2.75, 3.05) is 32.1 Å². The second kappa shape index (κ2) is 8.64. The second-order valence-electron chi connectivity index (χ2n) is 7.78. The van der Waals surface area contributed by atoms with Crippen LogP contribution >= 0.6 is 0 Å². The maximum Gasteiger partial charge on any atom is 0.411 e. The lowest BCUT2D eigenvalue weighted by molar-refractivity contribution is -0.175. The van der Waals surface area contributed by atoms with Crippen molar-refractivity contribution in [3.8, 4) is 11.5 Å². The van der Waals surface area contributed by atoms with Crippen molar-refractivity contribution in [3.63, 3.8) is 0 Å². The second-order valence-corrected chi connectivity index (χ2v) is 7.78. The van der Waals surface area contributed by atoms with Gasteiger partial charge in [-0.15, -0.1) is 0 Å². The Bertz CT molecular complexity index is 902. The zero-order valence-corrected chi connectivity index (χ0v) is 17.0. The number of rotatable bonds is 5. The molecular weight excluding hydrogens is 415 g/mol. The van der Waals surface area contributed by atoms with Crippen molar-refractivity contribution in [3.05, 3.63) is 30.6 Å². The average molecular weight is 439 g/mol. The van der Waals surface area contributed by atoms with Crippen LogP contribution in [0, 0.1) is 5.92 Å². The minimum Gasteiger partial charge on any atom is -0.497 e. The molecule has 8 nitrogen and oxygen atoms in total. The topological polar surface area (TPSA) is 81.5 Å². The molecule has 0 unspecified atom stereocenters. The van der Waals surface area contributed by atoms with Gasteiger partial charge in [0, 0.05) is 19.1 Å². The number of nitrogens with zero attached hydrogens (tertiary/aromatic N) is 4. The summed E-state index contributed by atoms with van der Waals surface area (Å²) in [6, 6.07) is 4.74. The van der Waals surface area contributed by atoms with E-state index in [0.717, 1.165) is 23.9 Å². The van der Waals surface area contributed by atoms with Gasteiger partial charge in [0.05, 0.1) is 7.11 Å². The van der Waals surface area contributed by atoms with Gasteiger partial charge in [-0.25, -0.2) is 4.68 Å². The highest BCUT2D eigenvalue weighted by molar-refractivity contribution is 5.77. The summed E-state index contributed by atoms with van der Waals surface area (Å²) in [5.41, 5.74) is 0. The Morgan fingerprint density at radius 1 is 1.26 bits per heavy atom. The van der Waals surface area contributed by atoms with Gasteiger partial charge in [-0.05, 0) is 49.4 Å². The fourth-order valence-electron chi connectivity index (χ4n) is 4.20. The SMILES string of the molecule is COc1ccc(OCC(=O)N2CCC[C@@H]([C@@H]3C[C@H](C(F)(F)F)n4ncnc4N3)C2)cc1. The Kier molecular flexibility index (Phi) is 5.92. The first kappa shape index (κ1) is 21.3. The number of benzene rings is 1. The number of fused-ring (bicyclic) bond motifs is 1. The van der Waals surface area contributed by atoms with Crippen LogP contribution < -0.4 is 14.8 Å². The van der Waals surface area contributed by atoms with Gasteiger partial charge in [0.2, 0.25) is 5.95 Å². The van der Waals surface area contributed by atoms with E-state index in [2.05, 4.69) is 15.4 Å². The van der Waals surface area contributed by atoms with Gasteiger partial charge < -0.3 is 19.7 Å². The number of anilines is 1. The molecule has 0 spiro atoms. The lowest BCUT2D eigenvalue weighted by atomic mass is 9.86. The molecule has 3 atom stereocenters. The number of alkyl halides is 3. The smallest absolute Gasteiger partial charge is 0.411 e. The van der Waals surface area contributed by atoms with E-state index in [0.29, 0.717) is 24.6 Å². The van der Waals surface area contributed by atoms with Crippen LogP contribution in [0.1, 0.15) is 25.3 Å². The van der Waals surface area contributed by atoms with Crippen LogP contribution in [0.3, 0.4) is 0 Å². The van der Waals surface area contributed by atoms with E-state index in [1.807, 2.05) is 0 Å². The number of amides is 1. The van der Waals surface area contributed by atoms with E-state index in [9.17, 15) is 18.0 Å². The first-order valence-electron chi connectivity index (χ1n) is 10.1. The van der Waals surface area contributed by atoms with E-state index in [1.165, 1.54) is 0 Å². The van der Waals surface area contributed by atoms with Crippen molar-refractivity contribution in [1.29, 1.82) is 0 Å². The summed E-state index contributed by atoms with van der Waals surface area (Å²) in [7, 11) is 1.56. The number of likely N-dealkylation sites (tertiary alicyclic amines) is 1. The third-order valence-electron chi connectivity index (χ3n) is 5.84. The molecule has 0 radical (unpaired) electrons. The molecule has 1 aromatic carbocycles. The fraction of sp³-hybridized carbons (Fsp3) is 0.550. The predicted molar refractivity (Wildman–Crippen MR) is 105 cm³/mol. The molecule has 1 aromatic heterocycles. The molecule has 1 amide bonds. The van der Waals surface area contributed by atoms with Crippen molar-refractivity contribution in [2.24, 2.45) is 5.92 Å². The Morgan fingerprint density at radius 3 is 2.71 bits per heavy atom. The summed E-state index contributed by atoms with van der Waals surface area (Å²) < 4.78 is 52.2. The van der Waals surface area contributed by atoms with E-state index < -0.39 is 18.3 Å². The molecule has 1 fully saturated rings. The third kappa shape index (κ3) is 4.70. The normalized spacial score (nSPS) is 23.6. The third-order valence-corrected chi connectivity index (χ3v) is 5.84. The summed E-state index contributed by atoms with van der Waals surface area (Å²) in [6.07, 6.45) is -1.98. The van der Waals surface area contributed by atoms with Crippen LogP contribution in [-0.2, 0) is 4.79 Å². The number of piperidine rings is 1. The van der Waals surface area contributed by atoms with Crippen LogP contribution in [-0.4, -0.2) is 64.6 Å². The first-order valence-corrected chi connectivity index (χ1v) is 10.1. The first-order chi connectivity index (χ1) is 14.8. The molecule has 0 aliphatic carbocycles. The minimum absolute atomic E-state index is 0.116. The summed E-state index contributed by atoms with van der Waals surface area (Å²) in [5.74, 6) is 1.04. The van der Waals surface area contributed by atoms with Crippen molar-refractivity contribution in [1.82, 2.24) is 19.7 Å². The quantitative estimate of drug-likeness (QED) is 0.772. The van der Waals surface area contributed by atoms with Crippen LogP contribution in [0.15, 0.2) is 30.6 Å². The zero-order valence-electron chi connectivity index (χ0n) is 17.0. The van der Waals surface area contributed by atoms with Crippen molar-refractivity contribution in [2.45, 2.75) is 37.5 Å². The molecule has 1 N–H and O–H groups in total. The molecular formula is C20H24F3N5O3. The summed E-state index contributed by atoms with van der Waals surface area (Å²) in [6.45, 7) is 0.810. The maximum atomic E-state index is 13.5. The van der Waals surface area contributed by atoms with Crippen LogP contribution in [0.5, 0.6) is 11.5 Å². The molecule has 2 aromatic rings. The number of hydrogen-bond acceptors (Lipinski definition) is 6. The van der Waals surface area contributed by atoms with Gasteiger partial charge in [-0.2, -0.15) is 23.3 Å². The van der Waals surface area contributed by atoms with E-state index >= 15 is 0 Å². The lowest BCUT2D eigenvalue weighted by Crippen LogP contribution is -2.50. The summed E-state index contributed by atoms with van der Waals surface area (Å²) >= 11 is 0. The van der Waals surface area contributed by atoms with Crippen molar-refractivity contribution < 1.29 is 27.4 Å². The predicted octanol–water partition coefficient (Wildman–Crippen LogP) is 2.89. The Morgan fingerprint density at radius 2 is 2.00 bits per heavy atom. The summed E-state index contributed by atoms with van der Waals surface area (Å²) in [4.78, 5) is 18.2. The van der Waals surface area contributed by atoms with Gasteiger partial charge in [-0.1, -0.05) is 0 Å². The largest absolute Gasteiger partial charge is 0.497 e. The molecule has 3 heterocycles. The Labute approximate surface area is 177 Å². The van der Waals surface area contributed by atoms with Gasteiger partial charge in [0.15, 0.2) is 12.6 Å². The number of aromatic nitrogens is 3. The molecule has 11 heteroatoms. The van der Waals surface area contributed by atoms with E-state index in [-0.39, 0.29) is 30.8 Å². The number of nitrogens with one attached hydrogen (secondary N) is 1. The number of halogens is 3. The zero-order chi connectivity index (χ0) is 22.0. The number of methoxy groups -OCH3 is 1. The Hall–Kier alpha value is -2.98. The minimum atomic E-state index is -4.42. The monoisotopic (exact) mass is 439 g/mol. The highest BCUT2D eigenvalue weighted by atomic mass is 19.4. The van der Waals surface area contributed by atoms with Gasteiger partial charge in [-0.3, -0.25) is 4.79 Å².